The first kappa shape index (κ1) is 17.4. The molecular weight excluding hydrogens is 314 g/mol. The van der Waals surface area contributed by atoms with Crippen LogP contribution in [0.15, 0.2) is 6.07 Å². The van der Waals surface area contributed by atoms with Crippen LogP contribution in [0.1, 0.15) is 36.1 Å². The van der Waals surface area contributed by atoms with E-state index in [0.29, 0.717) is 11.4 Å². The van der Waals surface area contributed by atoms with Crippen LogP contribution < -0.4 is 16.4 Å². The van der Waals surface area contributed by atoms with Gasteiger partial charge in [0.25, 0.3) is 5.91 Å². The van der Waals surface area contributed by atoms with E-state index in [1.165, 1.54) is 11.3 Å². The van der Waals surface area contributed by atoms with E-state index in [9.17, 15) is 9.59 Å². The van der Waals surface area contributed by atoms with Crippen LogP contribution in [0.5, 0.6) is 0 Å². The molecule has 126 valence electrons. The minimum atomic E-state index is -0.630. The number of nitrogens with one attached hydrogen (secondary N) is 2. The molecule has 0 aliphatic heterocycles. The number of carbonyl (C=O) groups excluding carboxylic acids is 2. The van der Waals surface area contributed by atoms with Crippen LogP contribution in [0.3, 0.4) is 0 Å². The van der Waals surface area contributed by atoms with Crippen molar-refractivity contribution >= 4 is 33.4 Å². The Morgan fingerprint density at radius 2 is 2.13 bits per heavy atom. The van der Waals surface area contributed by atoms with E-state index in [1.54, 1.807) is 11.6 Å². The molecule has 0 radical (unpaired) electrons. The standard InChI is InChI=1S/C15H23N5O2S/c1-8-10-6-11(23-14(10)20(5)19-8)13(22)18-9(2)12(21)17-7-15(3,4)16/h6,9H,7,16H2,1-5H3,(H,17,21)(H,18,22). The first-order valence-corrected chi connectivity index (χ1v) is 8.21. The molecule has 2 aromatic heterocycles. The van der Waals surface area contributed by atoms with Gasteiger partial charge in [0.15, 0.2) is 0 Å². The second-order valence-corrected chi connectivity index (χ2v) is 7.47. The van der Waals surface area contributed by atoms with Gasteiger partial charge in [0.2, 0.25) is 5.91 Å². The van der Waals surface area contributed by atoms with Crippen molar-refractivity contribution in [1.82, 2.24) is 20.4 Å². The zero-order chi connectivity index (χ0) is 17.4. The Morgan fingerprint density at radius 1 is 1.48 bits per heavy atom. The average Bonchev–Trinajstić information content (AvgIpc) is 2.98. The van der Waals surface area contributed by atoms with Gasteiger partial charge in [0.1, 0.15) is 10.9 Å². The second-order valence-electron chi connectivity index (χ2n) is 6.44. The third-order valence-corrected chi connectivity index (χ3v) is 4.58. The van der Waals surface area contributed by atoms with Crippen molar-refractivity contribution in [2.45, 2.75) is 39.3 Å². The molecule has 7 nitrogen and oxygen atoms in total. The van der Waals surface area contributed by atoms with Gasteiger partial charge in [0, 0.05) is 24.5 Å². The van der Waals surface area contributed by atoms with E-state index >= 15 is 0 Å². The first-order chi connectivity index (χ1) is 10.6. The van der Waals surface area contributed by atoms with Gasteiger partial charge in [-0.25, -0.2) is 0 Å². The second kappa shape index (κ2) is 6.29. The third-order valence-electron chi connectivity index (χ3n) is 3.38. The van der Waals surface area contributed by atoms with Crippen LogP contribution in [0.2, 0.25) is 0 Å². The fourth-order valence-electron chi connectivity index (χ4n) is 2.12. The summed E-state index contributed by atoms with van der Waals surface area (Å²) in [5.74, 6) is -0.518. The Bertz CT molecular complexity index is 706. The number of carbonyl (C=O) groups is 2. The number of rotatable bonds is 5. The van der Waals surface area contributed by atoms with Gasteiger partial charge >= 0.3 is 0 Å². The Kier molecular flexibility index (Phi) is 4.76. The van der Waals surface area contributed by atoms with E-state index < -0.39 is 11.6 Å². The monoisotopic (exact) mass is 337 g/mol. The van der Waals surface area contributed by atoms with Crippen molar-refractivity contribution < 1.29 is 9.59 Å². The van der Waals surface area contributed by atoms with Gasteiger partial charge < -0.3 is 16.4 Å². The highest BCUT2D eigenvalue weighted by Crippen LogP contribution is 2.27. The highest BCUT2D eigenvalue weighted by atomic mass is 32.1. The van der Waals surface area contributed by atoms with Crippen molar-refractivity contribution in [3.05, 3.63) is 16.6 Å². The van der Waals surface area contributed by atoms with Crippen molar-refractivity contribution in [3.63, 3.8) is 0 Å². The summed E-state index contributed by atoms with van der Waals surface area (Å²) in [6, 6.07) is 1.18. The quantitative estimate of drug-likeness (QED) is 0.755. The van der Waals surface area contributed by atoms with Crippen LogP contribution in [-0.4, -0.2) is 39.7 Å². The molecule has 0 spiro atoms. The minimum Gasteiger partial charge on any atom is -0.353 e. The summed E-state index contributed by atoms with van der Waals surface area (Å²) in [4.78, 5) is 25.8. The summed E-state index contributed by atoms with van der Waals surface area (Å²) in [6.07, 6.45) is 0. The van der Waals surface area contributed by atoms with Gasteiger partial charge in [-0.3, -0.25) is 14.3 Å². The molecule has 0 aromatic carbocycles. The molecule has 0 aliphatic carbocycles. The summed E-state index contributed by atoms with van der Waals surface area (Å²) in [5, 5.41) is 10.7. The van der Waals surface area contributed by atoms with E-state index in [0.717, 1.165) is 15.9 Å². The lowest BCUT2D eigenvalue weighted by molar-refractivity contribution is -0.122. The molecule has 1 atom stereocenters. The number of nitrogens with zero attached hydrogens (tertiary/aromatic N) is 2. The third kappa shape index (κ3) is 4.08. The number of hydrogen-bond acceptors (Lipinski definition) is 5. The van der Waals surface area contributed by atoms with Crippen LogP contribution in [0, 0.1) is 6.92 Å². The van der Waals surface area contributed by atoms with Crippen LogP contribution in [0.4, 0.5) is 0 Å². The van der Waals surface area contributed by atoms with Gasteiger partial charge in [-0.2, -0.15) is 5.10 Å². The predicted octanol–water partition coefficient (Wildman–Crippen LogP) is 0.915. The molecule has 2 heterocycles. The average molecular weight is 337 g/mol. The zero-order valence-corrected chi connectivity index (χ0v) is 14.9. The molecule has 0 saturated carbocycles. The number of hydrogen-bond donors (Lipinski definition) is 3. The van der Waals surface area contributed by atoms with E-state index in [2.05, 4.69) is 15.7 Å². The van der Waals surface area contributed by atoms with E-state index in [4.69, 9.17) is 5.73 Å². The number of nitrogens with two attached hydrogens (primary N) is 1. The molecule has 8 heteroatoms. The normalized spacial score (nSPS) is 13.1. The first-order valence-electron chi connectivity index (χ1n) is 7.39. The minimum absolute atomic E-state index is 0.254. The van der Waals surface area contributed by atoms with E-state index in [1.807, 2.05) is 33.9 Å². The van der Waals surface area contributed by atoms with Crippen molar-refractivity contribution in [3.8, 4) is 0 Å². The number of aryl methyl sites for hydroxylation is 2. The Hall–Kier alpha value is -1.93. The summed E-state index contributed by atoms with van der Waals surface area (Å²) >= 11 is 1.36. The lowest BCUT2D eigenvalue weighted by Crippen LogP contribution is -2.50. The fourth-order valence-corrected chi connectivity index (χ4v) is 3.14. The van der Waals surface area contributed by atoms with Crippen molar-refractivity contribution in [2.24, 2.45) is 12.8 Å². The summed E-state index contributed by atoms with van der Waals surface area (Å²) in [7, 11) is 1.85. The molecular formula is C15H23N5O2S. The van der Waals surface area contributed by atoms with Crippen LogP contribution in [0.25, 0.3) is 10.2 Å². The number of thiophene rings is 1. The topological polar surface area (TPSA) is 102 Å². The molecule has 1 unspecified atom stereocenters. The number of amides is 2. The van der Waals surface area contributed by atoms with E-state index in [-0.39, 0.29) is 11.8 Å². The molecule has 0 aliphatic rings. The Morgan fingerprint density at radius 3 is 2.70 bits per heavy atom. The van der Waals surface area contributed by atoms with Crippen molar-refractivity contribution in [2.75, 3.05) is 6.54 Å². The number of aromatic nitrogens is 2. The molecule has 0 bridgehead atoms. The highest BCUT2D eigenvalue weighted by molar-refractivity contribution is 7.20. The van der Waals surface area contributed by atoms with Crippen LogP contribution >= 0.6 is 11.3 Å². The molecule has 0 saturated heterocycles. The summed E-state index contributed by atoms with van der Waals surface area (Å²) in [6.45, 7) is 7.55. The Labute approximate surface area is 139 Å². The zero-order valence-electron chi connectivity index (χ0n) is 14.1. The molecule has 23 heavy (non-hydrogen) atoms. The SMILES string of the molecule is Cc1nn(C)c2sc(C(=O)NC(C)C(=O)NCC(C)(C)N)cc12. The maximum Gasteiger partial charge on any atom is 0.262 e. The number of fused-ring (bicyclic) bond motifs is 1. The smallest absolute Gasteiger partial charge is 0.262 e. The molecule has 2 aromatic rings. The largest absolute Gasteiger partial charge is 0.353 e. The maximum absolute atomic E-state index is 12.3. The highest BCUT2D eigenvalue weighted by Gasteiger charge is 2.21. The van der Waals surface area contributed by atoms with Crippen molar-refractivity contribution in [1.29, 1.82) is 0 Å². The molecule has 0 fully saturated rings. The van der Waals surface area contributed by atoms with Crippen LogP contribution in [-0.2, 0) is 11.8 Å². The van der Waals surface area contributed by atoms with Gasteiger partial charge in [-0.15, -0.1) is 11.3 Å². The lowest BCUT2D eigenvalue weighted by atomic mass is 10.1. The molecule has 2 rings (SSSR count). The molecule has 4 N–H and O–H groups in total. The van der Waals surface area contributed by atoms with Gasteiger partial charge in [-0.1, -0.05) is 0 Å². The maximum atomic E-state index is 12.3. The lowest BCUT2D eigenvalue weighted by Gasteiger charge is -2.21. The fraction of sp³-hybridized carbons (Fsp3) is 0.533. The Balaban J connectivity index is 2.02. The molecule has 2 amide bonds. The van der Waals surface area contributed by atoms with Gasteiger partial charge in [-0.05, 0) is 33.8 Å². The summed E-state index contributed by atoms with van der Waals surface area (Å²) < 4.78 is 1.76. The summed E-state index contributed by atoms with van der Waals surface area (Å²) in [5.41, 5.74) is 6.22. The predicted molar refractivity (Wildman–Crippen MR) is 91.5 cm³/mol. The van der Waals surface area contributed by atoms with Gasteiger partial charge in [0.05, 0.1) is 10.6 Å².